The molecule has 2 aromatic rings. The largest absolute Gasteiger partial charge is 0.506 e. The van der Waals surface area contributed by atoms with Crippen molar-refractivity contribution in [2.24, 2.45) is 0 Å². The number of aromatic hydroxyl groups is 1. The van der Waals surface area contributed by atoms with Gasteiger partial charge in [0.2, 0.25) is 0 Å². The molecule has 2 rings (SSSR count). The van der Waals surface area contributed by atoms with Gasteiger partial charge in [-0.2, -0.15) is 10.5 Å². The van der Waals surface area contributed by atoms with Gasteiger partial charge in [-0.15, -0.1) is 0 Å². The summed E-state index contributed by atoms with van der Waals surface area (Å²) < 4.78 is 6.18. The van der Waals surface area contributed by atoms with Crippen LogP contribution < -0.4 is 16.2 Å². The SMILES string of the molecule is COc1cc(C#N)cc(Br)c1N.N#Cc1cc(O)c(N)c(Br)c1. The van der Waals surface area contributed by atoms with Gasteiger partial charge in [-0.1, -0.05) is 0 Å². The Hall–Kier alpha value is -2.42. The number of phenols is 1. The van der Waals surface area contributed by atoms with Gasteiger partial charge in [0.1, 0.15) is 11.5 Å². The molecule has 8 heteroatoms. The summed E-state index contributed by atoms with van der Waals surface area (Å²) in [5.41, 5.74) is 12.7. The molecule has 118 valence electrons. The quantitative estimate of drug-likeness (QED) is 0.460. The number of nitriles is 2. The molecule has 0 aliphatic carbocycles. The molecule has 23 heavy (non-hydrogen) atoms. The Morgan fingerprint density at radius 3 is 1.87 bits per heavy atom. The van der Waals surface area contributed by atoms with Crippen LogP contribution in [0.5, 0.6) is 11.5 Å². The van der Waals surface area contributed by atoms with Gasteiger partial charge in [-0.3, -0.25) is 0 Å². The lowest BCUT2D eigenvalue weighted by Gasteiger charge is -2.05. The van der Waals surface area contributed by atoms with Crippen molar-refractivity contribution in [3.8, 4) is 23.6 Å². The van der Waals surface area contributed by atoms with E-state index in [1.165, 1.54) is 13.2 Å². The third-order valence-corrected chi connectivity index (χ3v) is 3.99. The van der Waals surface area contributed by atoms with Gasteiger partial charge in [0, 0.05) is 15.0 Å². The average molecular weight is 440 g/mol. The number of methoxy groups -OCH3 is 1. The number of benzene rings is 2. The van der Waals surface area contributed by atoms with Crippen molar-refractivity contribution in [2.75, 3.05) is 18.6 Å². The number of halogens is 2. The highest BCUT2D eigenvalue weighted by Gasteiger charge is 2.05. The second-order valence-corrected chi connectivity index (χ2v) is 5.90. The predicted molar refractivity (Wildman–Crippen MR) is 94.8 cm³/mol. The lowest BCUT2D eigenvalue weighted by Crippen LogP contribution is -1.94. The van der Waals surface area contributed by atoms with Crippen LogP contribution in [0.25, 0.3) is 0 Å². The summed E-state index contributed by atoms with van der Waals surface area (Å²) in [6.07, 6.45) is 0. The van der Waals surface area contributed by atoms with E-state index in [1.54, 1.807) is 18.2 Å². The third kappa shape index (κ3) is 4.78. The molecule has 0 atom stereocenters. The van der Waals surface area contributed by atoms with Crippen LogP contribution in [0.1, 0.15) is 11.1 Å². The molecule has 0 heterocycles. The van der Waals surface area contributed by atoms with E-state index in [0.717, 1.165) is 0 Å². The predicted octanol–water partition coefficient (Wildman–Crippen LogP) is 3.52. The van der Waals surface area contributed by atoms with E-state index in [1.807, 2.05) is 12.1 Å². The van der Waals surface area contributed by atoms with E-state index < -0.39 is 0 Å². The molecular weight excluding hydrogens is 428 g/mol. The summed E-state index contributed by atoms with van der Waals surface area (Å²) in [6, 6.07) is 10.0. The van der Waals surface area contributed by atoms with Crippen LogP contribution in [-0.2, 0) is 0 Å². The highest BCUT2D eigenvalue weighted by molar-refractivity contribution is 9.11. The number of hydrogen-bond acceptors (Lipinski definition) is 6. The first-order valence-electron chi connectivity index (χ1n) is 6.05. The van der Waals surface area contributed by atoms with Crippen LogP contribution >= 0.6 is 31.9 Å². The number of ether oxygens (including phenoxy) is 1. The second kappa shape index (κ2) is 8.28. The summed E-state index contributed by atoms with van der Waals surface area (Å²) >= 11 is 6.32. The number of nitrogens with zero attached hydrogens (tertiary/aromatic N) is 2. The normalized spacial score (nSPS) is 9.09. The zero-order valence-electron chi connectivity index (χ0n) is 12.0. The van der Waals surface area contributed by atoms with Gasteiger partial charge < -0.3 is 21.3 Å². The molecule has 6 nitrogen and oxygen atoms in total. The fourth-order valence-electron chi connectivity index (χ4n) is 1.49. The first kappa shape index (κ1) is 18.6. The molecule has 0 saturated heterocycles. The molecule has 0 radical (unpaired) electrons. The minimum absolute atomic E-state index is 0.0732. The van der Waals surface area contributed by atoms with Gasteiger partial charge in [0.05, 0.1) is 41.7 Å². The molecule has 0 unspecified atom stereocenters. The van der Waals surface area contributed by atoms with E-state index in [4.69, 9.17) is 31.8 Å². The van der Waals surface area contributed by atoms with Crippen molar-refractivity contribution in [1.29, 1.82) is 10.5 Å². The van der Waals surface area contributed by atoms with Gasteiger partial charge >= 0.3 is 0 Å². The van der Waals surface area contributed by atoms with Gasteiger partial charge in [0.15, 0.2) is 0 Å². The van der Waals surface area contributed by atoms with Crippen LogP contribution in [0.3, 0.4) is 0 Å². The number of nitrogen functional groups attached to an aromatic ring is 2. The standard InChI is InChI=1S/C8H7BrN2O.C7H5BrN2O/c1-12-7-3-5(4-10)2-6(9)8(7)11;8-5-1-4(3-9)2-6(11)7(5)10/h2-3H,11H2,1H3;1-2,11H,10H2. The van der Waals surface area contributed by atoms with E-state index in [-0.39, 0.29) is 11.4 Å². The maximum Gasteiger partial charge on any atom is 0.144 e. The Balaban J connectivity index is 0.000000231. The topological polar surface area (TPSA) is 129 Å². The number of anilines is 2. The molecule has 5 N–H and O–H groups in total. The first-order chi connectivity index (χ1) is 10.8. The maximum absolute atomic E-state index is 9.11. The minimum atomic E-state index is -0.0732. The fourth-order valence-corrected chi connectivity index (χ4v) is 2.39. The molecule has 0 saturated carbocycles. The first-order valence-corrected chi connectivity index (χ1v) is 7.63. The minimum Gasteiger partial charge on any atom is -0.506 e. The Labute approximate surface area is 150 Å². The second-order valence-electron chi connectivity index (χ2n) is 4.19. The highest BCUT2D eigenvalue weighted by atomic mass is 79.9. The summed E-state index contributed by atoms with van der Waals surface area (Å²) in [4.78, 5) is 0. The molecule has 0 spiro atoms. The van der Waals surface area contributed by atoms with Crippen LogP contribution in [0, 0.1) is 22.7 Å². The van der Waals surface area contributed by atoms with Gasteiger partial charge in [-0.25, -0.2) is 0 Å². The molecule has 0 aliphatic heterocycles. The Morgan fingerprint density at radius 1 is 0.957 bits per heavy atom. The average Bonchev–Trinajstić information content (AvgIpc) is 2.55. The van der Waals surface area contributed by atoms with Crippen molar-refractivity contribution in [2.45, 2.75) is 0 Å². The van der Waals surface area contributed by atoms with Crippen molar-refractivity contribution in [3.05, 3.63) is 44.3 Å². The molecule has 0 aromatic heterocycles. The van der Waals surface area contributed by atoms with Gasteiger partial charge in [-0.05, 0) is 50.1 Å². The molecule has 2 aromatic carbocycles. The maximum atomic E-state index is 9.11. The number of hydrogen-bond donors (Lipinski definition) is 3. The van der Waals surface area contributed by atoms with E-state index in [9.17, 15) is 0 Å². The van der Waals surface area contributed by atoms with Gasteiger partial charge in [0.25, 0.3) is 0 Å². The summed E-state index contributed by atoms with van der Waals surface area (Å²) in [7, 11) is 1.51. The smallest absolute Gasteiger partial charge is 0.144 e. The molecule has 0 bridgehead atoms. The van der Waals surface area contributed by atoms with Crippen LogP contribution in [0.4, 0.5) is 11.4 Å². The van der Waals surface area contributed by atoms with Crippen molar-refractivity contribution in [1.82, 2.24) is 0 Å². The Bertz CT molecular complexity index is 787. The van der Waals surface area contributed by atoms with Crippen molar-refractivity contribution in [3.63, 3.8) is 0 Å². The monoisotopic (exact) mass is 438 g/mol. The van der Waals surface area contributed by atoms with Crippen molar-refractivity contribution < 1.29 is 9.84 Å². The Morgan fingerprint density at radius 2 is 1.43 bits per heavy atom. The van der Waals surface area contributed by atoms with E-state index >= 15 is 0 Å². The highest BCUT2D eigenvalue weighted by Crippen LogP contribution is 2.31. The third-order valence-electron chi connectivity index (χ3n) is 2.68. The zero-order valence-corrected chi connectivity index (χ0v) is 15.1. The Kier molecular flexibility index (Phi) is 6.70. The van der Waals surface area contributed by atoms with E-state index in [0.29, 0.717) is 31.5 Å². The fraction of sp³-hybridized carbons (Fsp3) is 0.0667. The van der Waals surface area contributed by atoms with E-state index in [2.05, 4.69) is 31.9 Å². The van der Waals surface area contributed by atoms with Crippen LogP contribution in [0.2, 0.25) is 0 Å². The summed E-state index contributed by atoms with van der Waals surface area (Å²) in [5.74, 6) is 0.442. The molecular formula is C15H12Br2N4O2. The molecule has 0 aliphatic rings. The molecule has 0 fully saturated rings. The zero-order chi connectivity index (χ0) is 17.6. The van der Waals surface area contributed by atoms with Crippen LogP contribution in [-0.4, -0.2) is 12.2 Å². The van der Waals surface area contributed by atoms with Crippen molar-refractivity contribution >= 4 is 43.2 Å². The number of rotatable bonds is 1. The number of phenolic OH excluding ortho intramolecular Hbond substituents is 1. The summed E-state index contributed by atoms with van der Waals surface area (Å²) in [5, 5.41) is 26.2. The lowest BCUT2D eigenvalue weighted by atomic mass is 10.2. The molecule has 0 amide bonds. The van der Waals surface area contributed by atoms with Crippen LogP contribution in [0.15, 0.2) is 33.2 Å². The summed E-state index contributed by atoms with van der Waals surface area (Å²) in [6.45, 7) is 0. The number of nitrogens with two attached hydrogens (primary N) is 2. The lowest BCUT2D eigenvalue weighted by molar-refractivity contribution is 0.416.